The van der Waals surface area contributed by atoms with Crippen molar-refractivity contribution in [3.05, 3.63) is 46.4 Å². The highest BCUT2D eigenvalue weighted by molar-refractivity contribution is 7.09. The molecule has 1 amide bonds. The van der Waals surface area contributed by atoms with E-state index in [1.54, 1.807) is 17.5 Å². The predicted octanol–water partition coefficient (Wildman–Crippen LogP) is 1.21. The maximum Gasteiger partial charge on any atom is 0.231 e. The molecule has 0 atom stereocenters. The van der Waals surface area contributed by atoms with Gasteiger partial charge in [0.1, 0.15) is 5.01 Å². The molecule has 5 nitrogen and oxygen atoms in total. The van der Waals surface area contributed by atoms with E-state index >= 15 is 0 Å². The minimum absolute atomic E-state index is 0.203. The molecule has 0 aliphatic carbocycles. The molecule has 0 saturated heterocycles. The van der Waals surface area contributed by atoms with Gasteiger partial charge in [-0.05, 0) is 17.7 Å². The summed E-state index contributed by atoms with van der Waals surface area (Å²) in [5.41, 5.74) is 12.8. The SMILES string of the molecule is NC(=O)CN(Cc1cccc(N)c1)Cc1nccs1. The molecule has 0 bridgehead atoms. The van der Waals surface area contributed by atoms with Crippen LogP contribution in [0, 0.1) is 0 Å². The fourth-order valence-corrected chi connectivity index (χ4v) is 2.52. The first-order valence-corrected chi connectivity index (χ1v) is 6.75. The molecule has 19 heavy (non-hydrogen) atoms. The Labute approximate surface area is 115 Å². The molecule has 1 aromatic heterocycles. The van der Waals surface area contributed by atoms with Crippen LogP contribution in [-0.4, -0.2) is 22.3 Å². The first-order valence-electron chi connectivity index (χ1n) is 5.87. The van der Waals surface area contributed by atoms with E-state index in [0.29, 0.717) is 18.8 Å². The van der Waals surface area contributed by atoms with Gasteiger partial charge < -0.3 is 11.5 Å². The van der Waals surface area contributed by atoms with Crippen LogP contribution in [0.2, 0.25) is 0 Å². The molecule has 0 fully saturated rings. The number of anilines is 1. The largest absolute Gasteiger partial charge is 0.399 e. The average molecular weight is 276 g/mol. The zero-order chi connectivity index (χ0) is 13.7. The van der Waals surface area contributed by atoms with Gasteiger partial charge in [0, 0.05) is 23.8 Å². The Kier molecular flexibility index (Phi) is 4.48. The van der Waals surface area contributed by atoms with E-state index in [0.717, 1.165) is 10.6 Å². The van der Waals surface area contributed by atoms with Gasteiger partial charge in [-0.3, -0.25) is 9.69 Å². The highest BCUT2D eigenvalue weighted by Gasteiger charge is 2.11. The van der Waals surface area contributed by atoms with Crippen molar-refractivity contribution in [3.63, 3.8) is 0 Å². The molecule has 0 unspecified atom stereocenters. The van der Waals surface area contributed by atoms with Crippen molar-refractivity contribution in [1.82, 2.24) is 9.88 Å². The van der Waals surface area contributed by atoms with E-state index in [1.807, 2.05) is 34.5 Å². The Bertz CT molecular complexity index is 541. The lowest BCUT2D eigenvalue weighted by molar-refractivity contribution is -0.119. The highest BCUT2D eigenvalue weighted by Crippen LogP contribution is 2.13. The summed E-state index contributed by atoms with van der Waals surface area (Å²) in [4.78, 5) is 17.3. The summed E-state index contributed by atoms with van der Waals surface area (Å²) in [5.74, 6) is -0.347. The molecule has 1 heterocycles. The Balaban J connectivity index is 2.07. The minimum Gasteiger partial charge on any atom is -0.399 e. The van der Waals surface area contributed by atoms with Crippen molar-refractivity contribution < 1.29 is 4.79 Å². The second-order valence-electron chi connectivity index (χ2n) is 4.28. The average Bonchev–Trinajstić information content (AvgIpc) is 2.80. The lowest BCUT2D eigenvalue weighted by Gasteiger charge is -2.19. The lowest BCUT2D eigenvalue weighted by atomic mass is 10.2. The number of nitrogens with zero attached hydrogens (tertiary/aromatic N) is 2. The predicted molar refractivity (Wildman–Crippen MR) is 76.3 cm³/mol. The zero-order valence-corrected chi connectivity index (χ0v) is 11.3. The van der Waals surface area contributed by atoms with Gasteiger partial charge in [0.25, 0.3) is 0 Å². The molecule has 2 aromatic rings. The number of hydrogen-bond acceptors (Lipinski definition) is 5. The fraction of sp³-hybridized carbons (Fsp3) is 0.231. The monoisotopic (exact) mass is 276 g/mol. The van der Waals surface area contributed by atoms with Gasteiger partial charge in [-0.2, -0.15) is 0 Å². The smallest absolute Gasteiger partial charge is 0.231 e. The molecular weight excluding hydrogens is 260 g/mol. The van der Waals surface area contributed by atoms with Crippen LogP contribution >= 0.6 is 11.3 Å². The van der Waals surface area contributed by atoms with Gasteiger partial charge in [0.2, 0.25) is 5.91 Å². The van der Waals surface area contributed by atoms with Crippen LogP contribution in [0.25, 0.3) is 0 Å². The van der Waals surface area contributed by atoms with Gasteiger partial charge in [0.15, 0.2) is 0 Å². The van der Waals surface area contributed by atoms with Crippen molar-refractivity contribution in [2.75, 3.05) is 12.3 Å². The number of hydrogen-bond donors (Lipinski definition) is 2. The Morgan fingerprint density at radius 1 is 1.37 bits per heavy atom. The van der Waals surface area contributed by atoms with E-state index in [-0.39, 0.29) is 12.5 Å². The number of carbonyl (C=O) groups is 1. The number of rotatable bonds is 6. The number of thiazole rings is 1. The fourth-order valence-electron chi connectivity index (χ4n) is 1.86. The van der Waals surface area contributed by atoms with Crippen molar-refractivity contribution in [3.8, 4) is 0 Å². The summed E-state index contributed by atoms with van der Waals surface area (Å²) < 4.78 is 0. The summed E-state index contributed by atoms with van der Waals surface area (Å²) in [6.45, 7) is 1.43. The molecule has 1 aromatic carbocycles. The Morgan fingerprint density at radius 2 is 2.21 bits per heavy atom. The first-order chi connectivity index (χ1) is 9.13. The van der Waals surface area contributed by atoms with E-state index in [1.165, 1.54) is 0 Å². The van der Waals surface area contributed by atoms with Gasteiger partial charge in [-0.15, -0.1) is 11.3 Å². The zero-order valence-electron chi connectivity index (χ0n) is 10.5. The van der Waals surface area contributed by atoms with Crippen molar-refractivity contribution in [2.24, 2.45) is 5.73 Å². The third kappa shape index (κ3) is 4.35. The molecule has 6 heteroatoms. The van der Waals surface area contributed by atoms with E-state index in [2.05, 4.69) is 4.98 Å². The number of amides is 1. The molecular formula is C13H16N4OS. The summed E-state index contributed by atoms with van der Waals surface area (Å²) in [6.07, 6.45) is 1.75. The van der Waals surface area contributed by atoms with Gasteiger partial charge in [-0.1, -0.05) is 12.1 Å². The summed E-state index contributed by atoms with van der Waals surface area (Å²) in [7, 11) is 0. The van der Waals surface area contributed by atoms with Gasteiger partial charge in [-0.25, -0.2) is 4.98 Å². The number of primary amides is 1. The van der Waals surface area contributed by atoms with Crippen molar-refractivity contribution >= 4 is 22.9 Å². The van der Waals surface area contributed by atoms with Crippen LogP contribution in [0.15, 0.2) is 35.8 Å². The maximum absolute atomic E-state index is 11.1. The molecule has 0 aliphatic heterocycles. The quantitative estimate of drug-likeness (QED) is 0.777. The lowest BCUT2D eigenvalue weighted by Crippen LogP contribution is -2.33. The van der Waals surface area contributed by atoms with E-state index < -0.39 is 0 Å². The Hall–Kier alpha value is -1.92. The standard InChI is InChI=1S/C13H16N4OS/c14-11-3-1-2-10(6-11)7-17(8-12(15)18)9-13-16-4-5-19-13/h1-6H,7-9,14H2,(H2,15,18). The van der Waals surface area contributed by atoms with Gasteiger partial charge >= 0.3 is 0 Å². The molecule has 0 spiro atoms. The molecule has 4 N–H and O–H groups in total. The number of aromatic nitrogens is 1. The van der Waals surface area contributed by atoms with Crippen LogP contribution in [0.4, 0.5) is 5.69 Å². The number of nitrogen functional groups attached to an aromatic ring is 1. The van der Waals surface area contributed by atoms with Crippen molar-refractivity contribution in [2.45, 2.75) is 13.1 Å². The number of nitrogens with two attached hydrogens (primary N) is 2. The second-order valence-corrected chi connectivity index (χ2v) is 5.26. The van der Waals surface area contributed by atoms with Crippen LogP contribution < -0.4 is 11.5 Å². The normalized spacial score (nSPS) is 10.8. The molecule has 0 radical (unpaired) electrons. The molecule has 2 rings (SSSR count). The summed E-state index contributed by atoms with van der Waals surface area (Å²) in [5, 5.41) is 2.88. The second kappa shape index (κ2) is 6.31. The Morgan fingerprint density at radius 3 is 2.84 bits per heavy atom. The molecule has 0 aliphatic rings. The number of benzene rings is 1. The third-order valence-electron chi connectivity index (χ3n) is 2.58. The highest BCUT2D eigenvalue weighted by atomic mass is 32.1. The van der Waals surface area contributed by atoms with Gasteiger partial charge in [0.05, 0.1) is 13.1 Å². The molecule has 0 saturated carbocycles. The van der Waals surface area contributed by atoms with E-state index in [4.69, 9.17) is 11.5 Å². The minimum atomic E-state index is -0.347. The van der Waals surface area contributed by atoms with Crippen LogP contribution in [0.1, 0.15) is 10.6 Å². The maximum atomic E-state index is 11.1. The van der Waals surface area contributed by atoms with Crippen LogP contribution in [0.5, 0.6) is 0 Å². The third-order valence-corrected chi connectivity index (χ3v) is 3.34. The van der Waals surface area contributed by atoms with E-state index in [9.17, 15) is 4.79 Å². The summed E-state index contributed by atoms with van der Waals surface area (Å²) in [6, 6.07) is 7.61. The first kappa shape index (κ1) is 13.5. The van der Waals surface area contributed by atoms with Crippen LogP contribution in [0.3, 0.4) is 0 Å². The van der Waals surface area contributed by atoms with Crippen LogP contribution in [-0.2, 0) is 17.9 Å². The topological polar surface area (TPSA) is 85.2 Å². The molecule has 100 valence electrons. The van der Waals surface area contributed by atoms with Crippen molar-refractivity contribution in [1.29, 1.82) is 0 Å². The summed E-state index contributed by atoms with van der Waals surface area (Å²) >= 11 is 1.56. The number of carbonyl (C=O) groups excluding carboxylic acids is 1.